The summed E-state index contributed by atoms with van der Waals surface area (Å²) in [7, 11) is 1.53. The van der Waals surface area contributed by atoms with Gasteiger partial charge in [0.2, 0.25) is 5.88 Å². The Morgan fingerprint density at radius 2 is 2.15 bits per heavy atom. The van der Waals surface area contributed by atoms with Gasteiger partial charge in [-0.1, -0.05) is 11.6 Å². The molecule has 1 heterocycles. The van der Waals surface area contributed by atoms with Crippen molar-refractivity contribution in [2.75, 3.05) is 12.4 Å². The number of aromatic carboxylic acids is 1. The van der Waals surface area contributed by atoms with Gasteiger partial charge in [-0.15, -0.1) is 0 Å². The minimum atomic E-state index is -1.07. The zero-order valence-electron chi connectivity index (χ0n) is 10.8. The van der Waals surface area contributed by atoms with E-state index in [1.165, 1.54) is 25.6 Å². The van der Waals surface area contributed by atoms with Gasteiger partial charge in [0, 0.05) is 5.69 Å². The molecule has 2 aromatic rings. The Kier molecular flexibility index (Phi) is 4.05. The minimum absolute atomic E-state index is 0.0502. The van der Waals surface area contributed by atoms with E-state index in [9.17, 15) is 4.79 Å². The summed E-state index contributed by atoms with van der Waals surface area (Å²) in [6, 6.07) is 4.57. The molecule has 0 amide bonds. The molecule has 0 aliphatic heterocycles. The van der Waals surface area contributed by atoms with E-state index in [4.69, 9.17) is 21.4 Å². The predicted octanol–water partition coefficient (Wildman–Crippen LogP) is 2.89. The van der Waals surface area contributed by atoms with Gasteiger partial charge in [-0.25, -0.2) is 14.8 Å². The molecule has 0 aliphatic carbocycles. The Balaban J connectivity index is 2.31. The second-order valence-electron chi connectivity index (χ2n) is 3.98. The summed E-state index contributed by atoms with van der Waals surface area (Å²) in [5.41, 5.74) is 1.42. The highest BCUT2D eigenvalue weighted by molar-refractivity contribution is 6.33. The molecule has 0 aliphatic rings. The summed E-state index contributed by atoms with van der Waals surface area (Å²) in [6.07, 6.45) is 1.38. The first-order valence-corrected chi connectivity index (χ1v) is 6.06. The van der Waals surface area contributed by atoms with Crippen molar-refractivity contribution in [2.24, 2.45) is 0 Å². The number of hydrogen-bond donors (Lipinski definition) is 2. The van der Waals surface area contributed by atoms with Crippen LogP contribution in [0, 0.1) is 6.92 Å². The number of carbonyl (C=O) groups is 1. The normalized spacial score (nSPS) is 10.2. The molecule has 0 spiro atoms. The van der Waals surface area contributed by atoms with Crippen LogP contribution in [0.15, 0.2) is 24.5 Å². The fourth-order valence-electron chi connectivity index (χ4n) is 1.67. The number of nitrogens with one attached hydrogen (secondary N) is 1. The molecule has 0 saturated heterocycles. The molecule has 1 aromatic carbocycles. The number of rotatable bonds is 4. The summed E-state index contributed by atoms with van der Waals surface area (Å²) in [4.78, 5) is 19.0. The molecule has 0 fully saturated rings. The molecule has 0 atom stereocenters. The van der Waals surface area contributed by atoms with Gasteiger partial charge in [0.15, 0.2) is 0 Å². The lowest BCUT2D eigenvalue weighted by atomic mass is 10.2. The van der Waals surface area contributed by atoms with E-state index in [-0.39, 0.29) is 10.6 Å². The summed E-state index contributed by atoms with van der Waals surface area (Å²) in [5, 5.41) is 12.1. The van der Waals surface area contributed by atoms with Crippen LogP contribution in [-0.2, 0) is 0 Å². The molecule has 2 N–H and O–H groups in total. The van der Waals surface area contributed by atoms with Crippen molar-refractivity contribution in [1.29, 1.82) is 0 Å². The molecular weight excluding hydrogens is 282 g/mol. The van der Waals surface area contributed by atoms with Crippen LogP contribution in [0.1, 0.15) is 15.9 Å². The van der Waals surface area contributed by atoms with Crippen LogP contribution in [0.3, 0.4) is 0 Å². The molecule has 0 saturated carbocycles. The quantitative estimate of drug-likeness (QED) is 0.901. The van der Waals surface area contributed by atoms with Gasteiger partial charge in [-0.2, -0.15) is 0 Å². The number of aromatic nitrogens is 2. The van der Waals surface area contributed by atoms with E-state index < -0.39 is 5.97 Å². The highest BCUT2D eigenvalue weighted by Gasteiger charge is 2.11. The zero-order chi connectivity index (χ0) is 14.7. The molecule has 6 nitrogen and oxygen atoms in total. The summed E-state index contributed by atoms with van der Waals surface area (Å²) in [6.45, 7) is 1.81. The third-order valence-electron chi connectivity index (χ3n) is 2.69. The van der Waals surface area contributed by atoms with Crippen molar-refractivity contribution in [1.82, 2.24) is 9.97 Å². The van der Waals surface area contributed by atoms with Crippen LogP contribution < -0.4 is 10.1 Å². The zero-order valence-corrected chi connectivity index (χ0v) is 11.6. The van der Waals surface area contributed by atoms with Crippen molar-refractivity contribution in [3.8, 4) is 5.88 Å². The Morgan fingerprint density at radius 1 is 1.40 bits per heavy atom. The smallest absolute Gasteiger partial charge is 0.337 e. The van der Waals surface area contributed by atoms with Crippen LogP contribution in [0.2, 0.25) is 5.02 Å². The van der Waals surface area contributed by atoms with E-state index in [0.29, 0.717) is 17.4 Å². The van der Waals surface area contributed by atoms with Gasteiger partial charge in [0.1, 0.15) is 12.1 Å². The number of hydrogen-bond acceptors (Lipinski definition) is 5. The van der Waals surface area contributed by atoms with Crippen LogP contribution >= 0.6 is 11.6 Å². The van der Waals surface area contributed by atoms with Crippen LogP contribution in [0.25, 0.3) is 0 Å². The largest absolute Gasteiger partial charge is 0.481 e. The van der Waals surface area contributed by atoms with Gasteiger partial charge in [-0.3, -0.25) is 0 Å². The summed E-state index contributed by atoms with van der Waals surface area (Å²) >= 11 is 5.91. The maximum Gasteiger partial charge on any atom is 0.337 e. The van der Waals surface area contributed by atoms with Crippen LogP contribution in [-0.4, -0.2) is 28.2 Å². The number of anilines is 2. The third kappa shape index (κ3) is 2.80. The topological polar surface area (TPSA) is 84.3 Å². The average Bonchev–Trinajstić information content (AvgIpc) is 2.41. The first kappa shape index (κ1) is 14.1. The SMILES string of the molecule is COc1ncnc(Nc2ccc(C(=O)O)c(Cl)c2)c1C. The molecule has 1 aromatic heterocycles. The van der Waals surface area contributed by atoms with E-state index >= 15 is 0 Å². The summed E-state index contributed by atoms with van der Waals surface area (Å²) in [5.74, 6) is -0.0341. The van der Waals surface area contributed by atoms with Crippen LogP contribution in [0.5, 0.6) is 5.88 Å². The number of methoxy groups -OCH3 is 1. The highest BCUT2D eigenvalue weighted by Crippen LogP contribution is 2.26. The van der Waals surface area contributed by atoms with Gasteiger partial charge < -0.3 is 15.2 Å². The Bertz CT molecular complexity index is 661. The summed E-state index contributed by atoms with van der Waals surface area (Å²) < 4.78 is 5.10. The Hall–Kier alpha value is -2.34. The maximum absolute atomic E-state index is 10.9. The molecule has 2 rings (SSSR count). The van der Waals surface area contributed by atoms with Gasteiger partial charge in [-0.05, 0) is 25.1 Å². The molecule has 0 radical (unpaired) electrons. The number of carboxylic acid groups (broad SMARTS) is 1. The van der Waals surface area contributed by atoms with Crippen molar-refractivity contribution >= 4 is 29.1 Å². The molecule has 20 heavy (non-hydrogen) atoms. The van der Waals surface area contributed by atoms with Gasteiger partial charge in [0.05, 0.1) is 23.3 Å². The van der Waals surface area contributed by atoms with Crippen LogP contribution in [0.4, 0.5) is 11.5 Å². The molecule has 104 valence electrons. The number of benzene rings is 1. The maximum atomic E-state index is 10.9. The number of halogens is 1. The Morgan fingerprint density at radius 3 is 2.75 bits per heavy atom. The first-order valence-electron chi connectivity index (χ1n) is 5.68. The number of carboxylic acids is 1. The van der Waals surface area contributed by atoms with E-state index in [1.54, 1.807) is 6.07 Å². The van der Waals surface area contributed by atoms with Crippen molar-refractivity contribution < 1.29 is 14.6 Å². The molecular formula is C13H12ClN3O3. The first-order chi connectivity index (χ1) is 9.52. The number of nitrogens with zero attached hydrogens (tertiary/aromatic N) is 2. The fourth-order valence-corrected chi connectivity index (χ4v) is 1.93. The van der Waals surface area contributed by atoms with E-state index in [2.05, 4.69) is 15.3 Å². The third-order valence-corrected chi connectivity index (χ3v) is 3.01. The Labute approximate surface area is 120 Å². The molecule has 0 unspecified atom stereocenters. The second kappa shape index (κ2) is 5.75. The van der Waals surface area contributed by atoms with E-state index in [0.717, 1.165) is 5.56 Å². The number of ether oxygens (including phenoxy) is 1. The van der Waals surface area contributed by atoms with Crippen molar-refractivity contribution in [2.45, 2.75) is 6.92 Å². The fraction of sp³-hybridized carbons (Fsp3) is 0.154. The van der Waals surface area contributed by atoms with Crippen molar-refractivity contribution in [3.63, 3.8) is 0 Å². The van der Waals surface area contributed by atoms with Gasteiger partial charge in [0.25, 0.3) is 0 Å². The standard InChI is InChI=1S/C13H12ClN3O3/c1-7-11(15-6-16-12(7)20-2)17-8-3-4-9(13(18)19)10(14)5-8/h3-6H,1-2H3,(H,18,19)(H,15,16,17). The lowest BCUT2D eigenvalue weighted by Crippen LogP contribution is -2.02. The van der Waals surface area contributed by atoms with Gasteiger partial charge >= 0.3 is 5.97 Å². The van der Waals surface area contributed by atoms with E-state index in [1.807, 2.05) is 6.92 Å². The lowest BCUT2D eigenvalue weighted by Gasteiger charge is -2.11. The lowest BCUT2D eigenvalue weighted by molar-refractivity contribution is 0.0697. The second-order valence-corrected chi connectivity index (χ2v) is 4.39. The highest BCUT2D eigenvalue weighted by atomic mass is 35.5. The predicted molar refractivity (Wildman–Crippen MR) is 75.0 cm³/mol. The molecule has 7 heteroatoms. The molecule has 0 bridgehead atoms. The minimum Gasteiger partial charge on any atom is -0.481 e. The van der Waals surface area contributed by atoms with Crippen molar-refractivity contribution in [3.05, 3.63) is 40.7 Å². The average molecular weight is 294 g/mol. The monoisotopic (exact) mass is 293 g/mol.